The molecule has 0 aliphatic carbocycles. The lowest BCUT2D eigenvalue weighted by Crippen LogP contribution is -2.19. The van der Waals surface area contributed by atoms with Gasteiger partial charge in [0.05, 0.1) is 12.4 Å². The Morgan fingerprint density at radius 3 is 2.65 bits per heavy atom. The zero-order valence-corrected chi connectivity index (χ0v) is 11.1. The Morgan fingerprint density at radius 1 is 1.24 bits per heavy atom. The van der Waals surface area contributed by atoms with E-state index in [2.05, 4.69) is 39.3 Å². The molecule has 1 aliphatic rings. The molecule has 2 heterocycles. The summed E-state index contributed by atoms with van der Waals surface area (Å²) in [5.41, 5.74) is 0. The quantitative estimate of drug-likeness (QED) is 0.843. The molecule has 94 valence electrons. The molecule has 0 amide bonds. The lowest BCUT2D eigenvalue weighted by Gasteiger charge is -2.21. The second-order valence-electron chi connectivity index (χ2n) is 4.26. The van der Waals surface area contributed by atoms with Gasteiger partial charge in [0.2, 0.25) is 0 Å². The van der Waals surface area contributed by atoms with Gasteiger partial charge in [-0.2, -0.15) is 11.8 Å². The van der Waals surface area contributed by atoms with Crippen LogP contribution in [0.15, 0.2) is 12.4 Å². The van der Waals surface area contributed by atoms with Crippen molar-refractivity contribution in [3.05, 3.63) is 12.4 Å². The van der Waals surface area contributed by atoms with Crippen LogP contribution >= 0.6 is 11.8 Å². The van der Waals surface area contributed by atoms with Crippen molar-refractivity contribution in [1.29, 1.82) is 0 Å². The maximum Gasteiger partial charge on any atom is 0.146 e. The number of aromatic nitrogens is 2. The standard InChI is InChI=1S/C12H20N4S/c1-2-14-11-8-13-9-12(16-11)15-7-10-3-5-17-6-4-10/h8-10H,2-7H2,1H3,(H2,14,15,16). The van der Waals surface area contributed by atoms with Gasteiger partial charge in [0.25, 0.3) is 0 Å². The van der Waals surface area contributed by atoms with Gasteiger partial charge in [0.1, 0.15) is 11.6 Å². The van der Waals surface area contributed by atoms with Crippen LogP contribution in [0.4, 0.5) is 11.6 Å². The molecule has 1 aromatic rings. The molecule has 2 rings (SSSR count). The summed E-state index contributed by atoms with van der Waals surface area (Å²) < 4.78 is 0. The highest BCUT2D eigenvalue weighted by Gasteiger charge is 2.13. The van der Waals surface area contributed by atoms with Crippen LogP contribution in [-0.4, -0.2) is 34.6 Å². The Hall–Kier alpha value is -0.970. The number of nitrogens with one attached hydrogen (secondary N) is 2. The van der Waals surface area contributed by atoms with E-state index in [-0.39, 0.29) is 0 Å². The fraction of sp³-hybridized carbons (Fsp3) is 0.667. The molecule has 1 aromatic heterocycles. The highest BCUT2D eigenvalue weighted by molar-refractivity contribution is 7.99. The van der Waals surface area contributed by atoms with Gasteiger partial charge in [-0.3, -0.25) is 4.98 Å². The van der Waals surface area contributed by atoms with Crippen molar-refractivity contribution < 1.29 is 0 Å². The average molecular weight is 252 g/mol. The largest absolute Gasteiger partial charge is 0.369 e. The highest BCUT2D eigenvalue weighted by Crippen LogP contribution is 2.22. The third-order valence-corrected chi connectivity index (χ3v) is 3.95. The summed E-state index contributed by atoms with van der Waals surface area (Å²) in [5.74, 6) is 5.12. The number of thioether (sulfide) groups is 1. The lowest BCUT2D eigenvalue weighted by atomic mass is 10.0. The van der Waals surface area contributed by atoms with Crippen LogP contribution in [0.2, 0.25) is 0 Å². The highest BCUT2D eigenvalue weighted by atomic mass is 32.2. The van der Waals surface area contributed by atoms with Crippen molar-refractivity contribution in [2.24, 2.45) is 5.92 Å². The number of hydrogen-bond donors (Lipinski definition) is 2. The van der Waals surface area contributed by atoms with Crippen molar-refractivity contribution in [2.75, 3.05) is 35.2 Å². The molecule has 0 bridgehead atoms. The van der Waals surface area contributed by atoms with Crippen LogP contribution in [0, 0.1) is 5.92 Å². The molecule has 0 saturated carbocycles. The van der Waals surface area contributed by atoms with Crippen LogP contribution in [-0.2, 0) is 0 Å². The molecule has 5 heteroatoms. The van der Waals surface area contributed by atoms with E-state index in [0.717, 1.165) is 30.6 Å². The summed E-state index contributed by atoms with van der Waals surface area (Å²) in [6.45, 7) is 3.95. The smallest absolute Gasteiger partial charge is 0.146 e. The van der Waals surface area contributed by atoms with E-state index in [9.17, 15) is 0 Å². The monoisotopic (exact) mass is 252 g/mol. The van der Waals surface area contributed by atoms with Crippen LogP contribution in [0.5, 0.6) is 0 Å². The van der Waals surface area contributed by atoms with Crippen LogP contribution < -0.4 is 10.6 Å². The third kappa shape index (κ3) is 4.07. The predicted molar refractivity (Wildman–Crippen MR) is 74.7 cm³/mol. The molecule has 1 aliphatic heterocycles. The fourth-order valence-electron chi connectivity index (χ4n) is 1.92. The molecule has 4 nitrogen and oxygen atoms in total. The summed E-state index contributed by atoms with van der Waals surface area (Å²) >= 11 is 2.06. The van der Waals surface area contributed by atoms with Crippen molar-refractivity contribution >= 4 is 23.4 Å². The van der Waals surface area contributed by atoms with Gasteiger partial charge in [-0.05, 0) is 37.2 Å². The minimum atomic E-state index is 0.792. The van der Waals surface area contributed by atoms with Crippen LogP contribution in [0.25, 0.3) is 0 Å². The molecule has 0 aromatic carbocycles. The van der Waals surface area contributed by atoms with Crippen molar-refractivity contribution in [2.45, 2.75) is 19.8 Å². The lowest BCUT2D eigenvalue weighted by molar-refractivity contribution is 0.515. The Kier molecular flexibility index (Phi) is 4.91. The fourth-order valence-corrected chi connectivity index (χ4v) is 3.12. The average Bonchev–Trinajstić information content (AvgIpc) is 2.39. The van der Waals surface area contributed by atoms with E-state index in [1.807, 2.05) is 0 Å². The van der Waals surface area contributed by atoms with Crippen molar-refractivity contribution in [3.63, 3.8) is 0 Å². The van der Waals surface area contributed by atoms with Crippen LogP contribution in [0.3, 0.4) is 0 Å². The van der Waals surface area contributed by atoms with E-state index in [1.54, 1.807) is 12.4 Å². The molecule has 0 unspecified atom stereocenters. The Labute approximate surface area is 107 Å². The van der Waals surface area contributed by atoms with Gasteiger partial charge in [-0.15, -0.1) is 0 Å². The first-order chi connectivity index (χ1) is 8.38. The molecule has 0 atom stereocenters. The minimum Gasteiger partial charge on any atom is -0.369 e. The van der Waals surface area contributed by atoms with E-state index in [1.165, 1.54) is 24.3 Å². The SMILES string of the molecule is CCNc1cncc(NCC2CCSCC2)n1. The van der Waals surface area contributed by atoms with Crippen LogP contribution in [0.1, 0.15) is 19.8 Å². The molecule has 2 N–H and O–H groups in total. The molecule has 17 heavy (non-hydrogen) atoms. The zero-order valence-electron chi connectivity index (χ0n) is 10.3. The maximum atomic E-state index is 4.46. The van der Waals surface area contributed by atoms with Gasteiger partial charge in [0, 0.05) is 13.1 Å². The first kappa shape index (κ1) is 12.5. The second-order valence-corrected chi connectivity index (χ2v) is 5.48. The summed E-state index contributed by atoms with van der Waals surface area (Å²) in [6.07, 6.45) is 6.18. The second kappa shape index (κ2) is 6.69. The van der Waals surface area contributed by atoms with Gasteiger partial charge >= 0.3 is 0 Å². The van der Waals surface area contributed by atoms with E-state index in [4.69, 9.17) is 0 Å². The van der Waals surface area contributed by atoms with Crippen molar-refractivity contribution in [1.82, 2.24) is 9.97 Å². The molecule has 1 fully saturated rings. The molecular formula is C12H20N4S. The maximum absolute atomic E-state index is 4.46. The van der Waals surface area contributed by atoms with E-state index in [0.29, 0.717) is 0 Å². The summed E-state index contributed by atoms with van der Waals surface area (Å²) in [4.78, 5) is 8.63. The zero-order chi connectivity index (χ0) is 11.9. The summed E-state index contributed by atoms with van der Waals surface area (Å²) in [6, 6.07) is 0. The number of nitrogens with zero attached hydrogens (tertiary/aromatic N) is 2. The van der Waals surface area contributed by atoms with E-state index < -0.39 is 0 Å². The number of hydrogen-bond acceptors (Lipinski definition) is 5. The topological polar surface area (TPSA) is 49.8 Å². The third-order valence-electron chi connectivity index (χ3n) is 2.91. The molecule has 0 radical (unpaired) electrons. The Balaban J connectivity index is 1.83. The Morgan fingerprint density at radius 2 is 1.94 bits per heavy atom. The molecule has 1 saturated heterocycles. The van der Waals surface area contributed by atoms with Gasteiger partial charge in [-0.1, -0.05) is 0 Å². The Bertz CT molecular complexity index is 339. The van der Waals surface area contributed by atoms with Gasteiger partial charge in [-0.25, -0.2) is 4.98 Å². The van der Waals surface area contributed by atoms with E-state index >= 15 is 0 Å². The molecular weight excluding hydrogens is 232 g/mol. The predicted octanol–water partition coefficient (Wildman–Crippen LogP) is 2.46. The van der Waals surface area contributed by atoms with Crippen molar-refractivity contribution in [3.8, 4) is 0 Å². The minimum absolute atomic E-state index is 0.792. The van der Waals surface area contributed by atoms with Gasteiger partial charge < -0.3 is 10.6 Å². The summed E-state index contributed by atoms with van der Waals surface area (Å²) in [7, 11) is 0. The first-order valence-corrected chi connectivity index (χ1v) is 7.41. The normalized spacial score (nSPS) is 16.8. The first-order valence-electron chi connectivity index (χ1n) is 6.26. The summed E-state index contributed by atoms with van der Waals surface area (Å²) in [5, 5.41) is 6.56. The number of rotatable bonds is 5. The number of anilines is 2. The van der Waals surface area contributed by atoms with Gasteiger partial charge in [0.15, 0.2) is 0 Å². The molecule has 0 spiro atoms.